The number of likely N-dealkylation sites (tertiary alicyclic amines) is 2. The number of amides is 1. The third-order valence-electron chi connectivity index (χ3n) is 3.72. The van der Waals surface area contributed by atoms with Crippen molar-refractivity contribution in [2.75, 3.05) is 13.1 Å². The molecule has 2 saturated heterocycles. The molecule has 2 aliphatic rings. The van der Waals surface area contributed by atoms with Gasteiger partial charge in [-0.2, -0.15) is 0 Å². The zero-order chi connectivity index (χ0) is 11.7. The molecule has 0 aromatic heterocycles. The summed E-state index contributed by atoms with van der Waals surface area (Å²) >= 11 is 0. The lowest BCUT2D eigenvalue weighted by Gasteiger charge is -2.62. The number of piperazine rings is 1. The fourth-order valence-corrected chi connectivity index (χ4v) is 2.65. The molecule has 0 saturated carbocycles. The van der Waals surface area contributed by atoms with Crippen molar-refractivity contribution in [1.82, 2.24) is 9.80 Å². The third-order valence-corrected chi connectivity index (χ3v) is 3.72. The quantitative estimate of drug-likeness (QED) is 0.642. The molecule has 0 aliphatic carbocycles. The minimum absolute atomic E-state index is 0.149. The van der Waals surface area contributed by atoms with E-state index >= 15 is 0 Å². The van der Waals surface area contributed by atoms with Gasteiger partial charge in [0, 0.05) is 18.8 Å². The summed E-state index contributed by atoms with van der Waals surface area (Å²) in [5.41, 5.74) is 1.16. The van der Waals surface area contributed by atoms with Crippen molar-refractivity contribution in [2.24, 2.45) is 0 Å². The molecular formula is C13H22N2O. The second-order valence-corrected chi connectivity index (χ2v) is 4.81. The minimum Gasteiger partial charge on any atom is -0.360 e. The topological polar surface area (TPSA) is 23.6 Å². The Kier molecular flexibility index (Phi) is 3.22. The first-order valence-electron chi connectivity index (χ1n) is 6.48. The molecule has 0 aromatic carbocycles. The Labute approximate surface area is 98.1 Å². The average Bonchev–Trinajstić information content (AvgIpc) is 2.28. The number of hydrogen-bond acceptors (Lipinski definition) is 2. The average molecular weight is 222 g/mol. The van der Waals surface area contributed by atoms with Gasteiger partial charge in [-0.1, -0.05) is 33.3 Å². The monoisotopic (exact) mass is 222 g/mol. The molecule has 0 bridgehead atoms. The van der Waals surface area contributed by atoms with Crippen molar-refractivity contribution in [2.45, 2.75) is 51.6 Å². The van der Waals surface area contributed by atoms with Gasteiger partial charge < -0.3 is 9.80 Å². The van der Waals surface area contributed by atoms with Crippen LogP contribution in [-0.2, 0) is 4.79 Å². The van der Waals surface area contributed by atoms with Gasteiger partial charge in [0.25, 0.3) is 0 Å². The van der Waals surface area contributed by atoms with E-state index in [1.54, 1.807) is 0 Å². The molecular weight excluding hydrogens is 200 g/mol. The summed E-state index contributed by atoms with van der Waals surface area (Å²) in [6.45, 7) is 10.4. The lowest BCUT2D eigenvalue weighted by Crippen LogP contribution is -2.79. The van der Waals surface area contributed by atoms with E-state index in [-0.39, 0.29) is 6.04 Å². The predicted molar refractivity (Wildman–Crippen MR) is 65.0 cm³/mol. The number of hydrogen-bond donors (Lipinski definition) is 0. The molecule has 2 aliphatic heterocycles. The first-order chi connectivity index (χ1) is 7.72. The van der Waals surface area contributed by atoms with E-state index < -0.39 is 0 Å². The zero-order valence-corrected chi connectivity index (χ0v) is 10.4. The van der Waals surface area contributed by atoms with Gasteiger partial charge in [0.2, 0.25) is 5.91 Å². The van der Waals surface area contributed by atoms with E-state index in [2.05, 4.69) is 25.3 Å². The Hall–Kier alpha value is -0.990. The highest BCUT2D eigenvalue weighted by Gasteiger charge is 2.60. The number of unbranched alkanes of at least 4 members (excludes halogenated alkanes) is 2. The van der Waals surface area contributed by atoms with Crippen LogP contribution < -0.4 is 0 Å². The minimum atomic E-state index is 0.149. The molecule has 2 atom stereocenters. The van der Waals surface area contributed by atoms with Gasteiger partial charge in [0.1, 0.15) is 12.1 Å². The van der Waals surface area contributed by atoms with Crippen molar-refractivity contribution in [3.05, 3.63) is 12.3 Å². The summed E-state index contributed by atoms with van der Waals surface area (Å²) < 4.78 is 0. The maximum absolute atomic E-state index is 11.9. The van der Waals surface area contributed by atoms with Crippen molar-refractivity contribution < 1.29 is 4.79 Å². The molecule has 16 heavy (non-hydrogen) atoms. The Morgan fingerprint density at radius 3 is 2.19 bits per heavy atom. The molecule has 3 nitrogen and oxygen atoms in total. The maximum atomic E-state index is 11.9. The van der Waals surface area contributed by atoms with Crippen LogP contribution in [0.15, 0.2) is 12.3 Å². The summed E-state index contributed by atoms with van der Waals surface area (Å²) in [6.07, 6.45) is 4.59. The predicted octanol–water partition coefficient (Wildman–Crippen LogP) is 2.00. The highest BCUT2D eigenvalue weighted by Crippen LogP contribution is 2.42. The number of β-lactam (4-membered cyclic amide) rings is 1. The van der Waals surface area contributed by atoms with Crippen LogP contribution in [0, 0.1) is 0 Å². The lowest BCUT2D eigenvalue weighted by molar-refractivity contribution is -0.169. The summed E-state index contributed by atoms with van der Waals surface area (Å²) in [5.74, 6) is 0.321. The third kappa shape index (κ3) is 1.53. The molecule has 0 N–H and O–H groups in total. The Morgan fingerprint density at radius 2 is 1.62 bits per heavy atom. The lowest BCUT2D eigenvalue weighted by atomic mass is 9.81. The molecule has 90 valence electrons. The van der Waals surface area contributed by atoms with Gasteiger partial charge in [-0.25, -0.2) is 0 Å². The van der Waals surface area contributed by atoms with Gasteiger partial charge >= 0.3 is 0 Å². The van der Waals surface area contributed by atoms with E-state index in [1.165, 1.54) is 6.42 Å². The number of rotatable bonds is 6. The fraction of sp³-hybridized carbons (Fsp3) is 0.769. The van der Waals surface area contributed by atoms with Gasteiger partial charge in [0.05, 0.1) is 0 Å². The molecule has 0 radical (unpaired) electrons. The second-order valence-electron chi connectivity index (χ2n) is 4.81. The van der Waals surface area contributed by atoms with Crippen LogP contribution in [0.2, 0.25) is 0 Å². The van der Waals surface area contributed by atoms with Crippen LogP contribution in [0.4, 0.5) is 0 Å². The summed E-state index contributed by atoms with van der Waals surface area (Å²) in [6, 6.07) is 0.492. The number of carbonyl (C=O) groups is 1. The van der Waals surface area contributed by atoms with Crippen LogP contribution in [0.25, 0.3) is 0 Å². The van der Waals surface area contributed by atoms with E-state index in [1.807, 2.05) is 4.90 Å². The second kappa shape index (κ2) is 4.48. The fourth-order valence-electron chi connectivity index (χ4n) is 2.65. The molecule has 2 unspecified atom stereocenters. The van der Waals surface area contributed by atoms with Crippen molar-refractivity contribution in [1.29, 1.82) is 0 Å². The summed E-state index contributed by atoms with van der Waals surface area (Å²) in [4.78, 5) is 16.1. The van der Waals surface area contributed by atoms with E-state index in [0.29, 0.717) is 11.9 Å². The van der Waals surface area contributed by atoms with Crippen LogP contribution in [0.1, 0.15) is 39.5 Å². The van der Waals surface area contributed by atoms with Crippen molar-refractivity contribution in [3.8, 4) is 0 Å². The number of fused-ring (bicyclic) bond motifs is 1. The highest BCUT2D eigenvalue weighted by molar-refractivity contribution is 5.93. The van der Waals surface area contributed by atoms with E-state index in [9.17, 15) is 4.79 Å². The SMILES string of the molecule is C=C1C2C(C(=O)N2CCCC)N1CCCC. The summed E-state index contributed by atoms with van der Waals surface area (Å²) in [5, 5.41) is 0. The Balaban J connectivity index is 1.87. The van der Waals surface area contributed by atoms with Crippen LogP contribution in [0.3, 0.4) is 0 Å². The van der Waals surface area contributed by atoms with Crippen LogP contribution >= 0.6 is 0 Å². The van der Waals surface area contributed by atoms with Crippen molar-refractivity contribution >= 4 is 5.91 Å². The molecule has 2 rings (SSSR count). The molecule has 0 spiro atoms. The Bertz CT molecular complexity index is 270. The van der Waals surface area contributed by atoms with Gasteiger partial charge in [-0.3, -0.25) is 4.79 Å². The number of carbonyl (C=O) groups excluding carboxylic acids is 1. The molecule has 1 amide bonds. The summed E-state index contributed by atoms with van der Waals surface area (Å²) in [7, 11) is 0. The van der Waals surface area contributed by atoms with E-state index in [4.69, 9.17) is 0 Å². The number of nitrogens with zero attached hydrogens (tertiary/aromatic N) is 2. The largest absolute Gasteiger partial charge is 0.360 e. The molecule has 3 heteroatoms. The van der Waals surface area contributed by atoms with Crippen molar-refractivity contribution in [3.63, 3.8) is 0 Å². The molecule has 0 aromatic rings. The van der Waals surface area contributed by atoms with E-state index in [0.717, 1.165) is 38.0 Å². The smallest absolute Gasteiger partial charge is 0.248 e. The molecule has 2 heterocycles. The zero-order valence-electron chi connectivity index (χ0n) is 10.4. The van der Waals surface area contributed by atoms with Gasteiger partial charge in [-0.05, 0) is 12.8 Å². The highest BCUT2D eigenvalue weighted by atomic mass is 16.2. The first-order valence-corrected chi connectivity index (χ1v) is 6.48. The Morgan fingerprint density at radius 1 is 1.06 bits per heavy atom. The normalized spacial score (nSPS) is 27.6. The maximum Gasteiger partial charge on any atom is 0.248 e. The van der Waals surface area contributed by atoms with Gasteiger partial charge in [-0.15, -0.1) is 0 Å². The van der Waals surface area contributed by atoms with Crippen LogP contribution in [0.5, 0.6) is 0 Å². The standard InChI is InChI=1S/C13H22N2O/c1-4-6-8-14-10(3)11-12(14)13(16)15(11)9-7-5-2/h11-12H,3-9H2,1-2H3. The van der Waals surface area contributed by atoms with Crippen LogP contribution in [-0.4, -0.2) is 40.9 Å². The van der Waals surface area contributed by atoms with Gasteiger partial charge in [0.15, 0.2) is 0 Å². The first kappa shape index (κ1) is 11.5. The molecule has 2 fully saturated rings.